The van der Waals surface area contributed by atoms with Crippen molar-refractivity contribution >= 4 is 41.8 Å². The molecule has 0 atom stereocenters. The van der Waals surface area contributed by atoms with Crippen molar-refractivity contribution in [1.29, 1.82) is 0 Å². The van der Waals surface area contributed by atoms with Gasteiger partial charge >= 0.3 is 0 Å². The average Bonchev–Trinajstić information content (AvgIpc) is 2.75. The molecule has 0 unspecified atom stereocenters. The maximum Gasteiger partial charge on any atom is 0.243 e. The lowest BCUT2D eigenvalue weighted by Gasteiger charge is -2.34. The Bertz CT molecular complexity index is 573. The third-order valence-electron chi connectivity index (χ3n) is 5.56. The number of morpholine rings is 1. The SMILES string of the molecule is CC(C)C(=O)N1CCC(NC(=NCC(=O)N(C)C)NCCCN2CCOCC2)CC1.I. The number of carbonyl (C=O) groups excluding carboxylic acids is 2. The van der Waals surface area contributed by atoms with Gasteiger partial charge in [0.25, 0.3) is 0 Å². The van der Waals surface area contributed by atoms with E-state index in [9.17, 15) is 9.59 Å². The highest BCUT2D eigenvalue weighted by atomic mass is 127. The summed E-state index contributed by atoms with van der Waals surface area (Å²) in [4.78, 5) is 34.6. The second-order valence-electron chi connectivity index (χ2n) is 8.59. The summed E-state index contributed by atoms with van der Waals surface area (Å²) in [7, 11) is 3.48. The van der Waals surface area contributed by atoms with Gasteiger partial charge in [0.15, 0.2) is 5.96 Å². The summed E-state index contributed by atoms with van der Waals surface area (Å²) < 4.78 is 5.39. The van der Waals surface area contributed by atoms with Crippen LogP contribution >= 0.6 is 24.0 Å². The standard InChI is InChI=1S/C21H40N6O3.HI/c1-17(2)20(29)27-10-6-18(7-11-27)24-21(23-16-19(28)25(3)4)22-8-5-9-26-12-14-30-15-13-26;/h17-18H,5-16H2,1-4H3,(H2,22,23,24);1H. The van der Waals surface area contributed by atoms with E-state index in [0.29, 0.717) is 5.96 Å². The van der Waals surface area contributed by atoms with E-state index in [1.54, 1.807) is 19.0 Å². The molecule has 0 aromatic rings. The van der Waals surface area contributed by atoms with Gasteiger partial charge in [-0.05, 0) is 25.8 Å². The van der Waals surface area contributed by atoms with Crippen molar-refractivity contribution in [2.45, 2.75) is 39.2 Å². The highest BCUT2D eigenvalue weighted by molar-refractivity contribution is 14.0. The molecule has 0 radical (unpaired) electrons. The fraction of sp³-hybridized carbons (Fsp3) is 0.857. The van der Waals surface area contributed by atoms with Crippen molar-refractivity contribution in [1.82, 2.24) is 25.3 Å². The third kappa shape index (κ3) is 10.3. The maximum atomic E-state index is 12.2. The molecule has 0 aromatic carbocycles. The van der Waals surface area contributed by atoms with Gasteiger partial charge in [0.05, 0.1) is 13.2 Å². The molecule has 0 bridgehead atoms. The first-order chi connectivity index (χ1) is 14.4. The van der Waals surface area contributed by atoms with E-state index in [0.717, 1.165) is 71.7 Å². The van der Waals surface area contributed by atoms with E-state index in [4.69, 9.17) is 4.74 Å². The molecular formula is C21H41IN6O3. The van der Waals surface area contributed by atoms with Crippen LogP contribution in [0.4, 0.5) is 0 Å². The second-order valence-corrected chi connectivity index (χ2v) is 8.59. The maximum absolute atomic E-state index is 12.2. The van der Waals surface area contributed by atoms with Crippen LogP contribution in [0.2, 0.25) is 0 Å². The molecule has 0 saturated carbocycles. The number of halogens is 1. The third-order valence-corrected chi connectivity index (χ3v) is 5.56. The molecule has 0 spiro atoms. The van der Waals surface area contributed by atoms with Crippen molar-refractivity contribution in [2.75, 3.05) is 73.1 Å². The first-order valence-corrected chi connectivity index (χ1v) is 11.2. The zero-order valence-corrected chi connectivity index (χ0v) is 21.9. The van der Waals surface area contributed by atoms with Gasteiger partial charge in [0, 0.05) is 58.8 Å². The molecule has 2 heterocycles. The van der Waals surface area contributed by atoms with Crippen LogP contribution in [-0.4, -0.2) is 112 Å². The normalized spacial score (nSPS) is 18.5. The quantitative estimate of drug-likeness (QED) is 0.199. The second kappa shape index (κ2) is 14.8. The number of amides is 2. The molecule has 2 saturated heterocycles. The van der Waals surface area contributed by atoms with Crippen LogP contribution in [0.3, 0.4) is 0 Å². The molecule has 0 aliphatic carbocycles. The summed E-state index contributed by atoms with van der Waals surface area (Å²) in [6.45, 7) is 11.0. The van der Waals surface area contributed by atoms with E-state index in [1.807, 2.05) is 18.7 Å². The van der Waals surface area contributed by atoms with Crippen molar-refractivity contribution in [3.63, 3.8) is 0 Å². The number of aliphatic imine (C=N–C) groups is 1. The Balaban J connectivity index is 0.00000480. The van der Waals surface area contributed by atoms with E-state index in [2.05, 4.69) is 20.5 Å². The van der Waals surface area contributed by atoms with Crippen molar-refractivity contribution in [3.05, 3.63) is 0 Å². The molecule has 10 heteroatoms. The first kappa shape index (κ1) is 27.9. The highest BCUT2D eigenvalue weighted by Crippen LogP contribution is 2.13. The zero-order valence-electron chi connectivity index (χ0n) is 19.6. The number of nitrogens with zero attached hydrogens (tertiary/aromatic N) is 4. The number of hydrogen-bond acceptors (Lipinski definition) is 5. The average molecular weight is 553 g/mol. The van der Waals surface area contributed by atoms with Gasteiger partial charge < -0.3 is 25.2 Å². The van der Waals surface area contributed by atoms with E-state index in [1.165, 1.54) is 0 Å². The summed E-state index contributed by atoms with van der Waals surface area (Å²) in [6.07, 6.45) is 2.77. The number of carbonyl (C=O) groups is 2. The number of piperidine rings is 1. The molecule has 0 aromatic heterocycles. The smallest absolute Gasteiger partial charge is 0.243 e. The summed E-state index contributed by atoms with van der Waals surface area (Å²) in [6, 6.07) is 0.251. The first-order valence-electron chi connectivity index (χ1n) is 11.2. The van der Waals surface area contributed by atoms with Crippen LogP contribution in [0.25, 0.3) is 0 Å². The molecule has 180 valence electrons. The van der Waals surface area contributed by atoms with Gasteiger partial charge in [-0.1, -0.05) is 13.8 Å². The van der Waals surface area contributed by atoms with Crippen molar-refractivity contribution < 1.29 is 14.3 Å². The number of likely N-dealkylation sites (tertiary alicyclic amines) is 1. The van der Waals surface area contributed by atoms with Gasteiger partial charge in [0.1, 0.15) is 6.54 Å². The summed E-state index contributed by atoms with van der Waals surface area (Å²) in [5, 5.41) is 6.86. The predicted octanol–water partition coefficient (Wildman–Crippen LogP) is 0.597. The fourth-order valence-electron chi connectivity index (χ4n) is 3.58. The van der Waals surface area contributed by atoms with Crippen LogP contribution in [0.1, 0.15) is 33.1 Å². The zero-order chi connectivity index (χ0) is 21.9. The number of guanidine groups is 1. The largest absolute Gasteiger partial charge is 0.379 e. The highest BCUT2D eigenvalue weighted by Gasteiger charge is 2.24. The van der Waals surface area contributed by atoms with Gasteiger partial charge in [0.2, 0.25) is 11.8 Å². The Kier molecular flexibility index (Phi) is 13.3. The molecule has 2 aliphatic rings. The Labute approximate surface area is 204 Å². The Morgan fingerprint density at radius 1 is 1.13 bits per heavy atom. The van der Waals surface area contributed by atoms with Crippen LogP contribution in [0.15, 0.2) is 4.99 Å². The van der Waals surface area contributed by atoms with Gasteiger partial charge in [-0.2, -0.15) is 0 Å². The minimum atomic E-state index is -0.0261. The molecule has 9 nitrogen and oxygen atoms in total. The minimum absolute atomic E-state index is 0. The molecule has 2 rings (SSSR count). The lowest BCUT2D eigenvalue weighted by molar-refractivity contribution is -0.135. The topological polar surface area (TPSA) is 89.5 Å². The molecule has 31 heavy (non-hydrogen) atoms. The fourth-order valence-corrected chi connectivity index (χ4v) is 3.58. The molecule has 2 fully saturated rings. The minimum Gasteiger partial charge on any atom is -0.379 e. The predicted molar refractivity (Wildman–Crippen MR) is 134 cm³/mol. The Morgan fingerprint density at radius 3 is 2.35 bits per heavy atom. The summed E-state index contributed by atoms with van der Waals surface area (Å²) >= 11 is 0. The van der Waals surface area contributed by atoms with Gasteiger partial charge in [-0.15, -0.1) is 24.0 Å². The van der Waals surface area contributed by atoms with Gasteiger partial charge in [-0.25, -0.2) is 4.99 Å². The number of likely N-dealkylation sites (N-methyl/N-ethyl adjacent to an activating group) is 1. The monoisotopic (exact) mass is 552 g/mol. The van der Waals surface area contributed by atoms with E-state index < -0.39 is 0 Å². The van der Waals surface area contributed by atoms with Crippen LogP contribution in [0, 0.1) is 5.92 Å². The number of rotatable bonds is 8. The van der Waals surface area contributed by atoms with Gasteiger partial charge in [-0.3, -0.25) is 14.5 Å². The lowest BCUT2D eigenvalue weighted by Crippen LogP contribution is -2.51. The molecular weight excluding hydrogens is 511 g/mol. The molecule has 2 aliphatic heterocycles. The Morgan fingerprint density at radius 2 is 1.77 bits per heavy atom. The molecule has 2 amide bonds. The van der Waals surface area contributed by atoms with Crippen LogP contribution in [0.5, 0.6) is 0 Å². The number of ether oxygens (including phenoxy) is 1. The van der Waals surface area contributed by atoms with Crippen molar-refractivity contribution in [3.8, 4) is 0 Å². The van der Waals surface area contributed by atoms with Crippen LogP contribution in [-0.2, 0) is 14.3 Å². The summed E-state index contributed by atoms with van der Waals surface area (Å²) in [5.74, 6) is 0.916. The van der Waals surface area contributed by atoms with Crippen LogP contribution < -0.4 is 10.6 Å². The van der Waals surface area contributed by atoms with Crippen molar-refractivity contribution in [2.24, 2.45) is 10.9 Å². The summed E-state index contributed by atoms with van der Waals surface area (Å²) in [5.41, 5.74) is 0. The Hall–Kier alpha value is -1.14. The van der Waals surface area contributed by atoms with E-state index >= 15 is 0 Å². The van der Waals surface area contributed by atoms with E-state index in [-0.39, 0.29) is 54.3 Å². The molecule has 2 N–H and O–H groups in total. The number of nitrogens with one attached hydrogen (secondary N) is 2. The lowest BCUT2D eigenvalue weighted by atomic mass is 10.0. The number of hydrogen-bond donors (Lipinski definition) is 2.